The zero-order valence-electron chi connectivity index (χ0n) is 15.1. The topological polar surface area (TPSA) is 46.3 Å². The van der Waals surface area contributed by atoms with Crippen LogP contribution in [-0.4, -0.2) is 30.4 Å². The first-order chi connectivity index (χ1) is 11.0. The zero-order chi connectivity index (χ0) is 18.5. The third-order valence-electron chi connectivity index (χ3n) is 4.37. The second-order valence-corrected chi connectivity index (χ2v) is 6.74. The molecule has 2 unspecified atom stereocenters. The van der Waals surface area contributed by atoms with Crippen LogP contribution in [0.25, 0.3) is 0 Å². The molecule has 25 heavy (non-hydrogen) atoms. The summed E-state index contributed by atoms with van der Waals surface area (Å²) in [6.07, 6.45) is -3.35. The Hall–Kier alpha value is -1.27. The van der Waals surface area contributed by atoms with Gasteiger partial charge in [0, 0.05) is 26.1 Å². The predicted octanol–water partition coefficient (Wildman–Crippen LogP) is 4.45. The van der Waals surface area contributed by atoms with Crippen LogP contribution in [0.2, 0.25) is 0 Å². The fourth-order valence-electron chi connectivity index (χ4n) is 2.34. The molecule has 0 bridgehead atoms. The average Bonchev–Trinajstić information content (AvgIpc) is 2.51. The van der Waals surface area contributed by atoms with Crippen LogP contribution in [0.1, 0.15) is 50.7 Å². The molecule has 0 fully saturated rings. The van der Waals surface area contributed by atoms with Gasteiger partial charge in [-0.15, -0.1) is 12.4 Å². The number of benzene rings is 1. The molecule has 1 rings (SSSR count). The number of hydrogen-bond donors (Lipinski definition) is 1. The van der Waals surface area contributed by atoms with Crippen molar-refractivity contribution in [3.8, 4) is 0 Å². The van der Waals surface area contributed by atoms with Gasteiger partial charge in [-0.2, -0.15) is 13.2 Å². The molecule has 2 atom stereocenters. The molecule has 1 aromatic rings. The van der Waals surface area contributed by atoms with E-state index in [0.29, 0.717) is 12.5 Å². The Labute approximate surface area is 154 Å². The molecule has 144 valence electrons. The highest BCUT2D eigenvalue weighted by atomic mass is 35.5. The maximum atomic E-state index is 12.6. The number of amides is 1. The van der Waals surface area contributed by atoms with Crippen molar-refractivity contribution in [2.75, 3.05) is 13.6 Å². The molecule has 0 saturated carbocycles. The van der Waals surface area contributed by atoms with Gasteiger partial charge in [0.05, 0.1) is 5.56 Å². The Kier molecular flexibility index (Phi) is 9.51. The van der Waals surface area contributed by atoms with Crippen LogP contribution >= 0.6 is 12.4 Å². The first-order valence-electron chi connectivity index (χ1n) is 8.19. The van der Waals surface area contributed by atoms with Gasteiger partial charge in [-0.3, -0.25) is 4.79 Å². The van der Waals surface area contributed by atoms with Crippen molar-refractivity contribution in [2.45, 2.75) is 51.7 Å². The monoisotopic (exact) mass is 380 g/mol. The summed E-state index contributed by atoms with van der Waals surface area (Å²) in [5.41, 5.74) is 6.03. The molecule has 0 aliphatic carbocycles. The lowest BCUT2D eigenvalue weighted by Crippen LogP contribution is -2.35. The number of hydrogen-bond acceptors (Lipinski definition) is 2. The van der Waals surface area contributed by atoms with Gasteiger partial charge in [-0.05, 0) is 36.0 Å². The summed E-state index contributed by atoms with van der Waals surface area (Å²) in [7, 11) is 1.73. The van der Waals surface area contributed by atoms with Crippen LogP contribution < -0.4 is 5.73 Å². The number of nitrogens with two attached hydrogens (primary N) is 1. The second kappa shape index (κ2) is 10.0. The van der Waals surface area contributed by atoms with Crippen molar-refractivity contribution < 1.29 is 18.0 Å². The second-order valence-electron chi connectivity index (χ2n) is 6.74. The molecule has 0 heterocycles. The summed E-state index contributed by atoms with van der Waals surface area (Å²) in [4.78, 5) is 13.9. The molecule has 0 aromatic heterocycles. The average molecular weight is 381 g/mol. The molecule has 0 saturated heterocycles. The third kappa shape index (κ3) is 7.65. The largest absolute Gasteiger partial charge is 0.416 e. The van der Waals surface area contributed by atoms with Crippen molar-refractivity contribution in [1.29, 1.82) is 0 Å². The maximum absolute atomic E-state index is 12.6. The molecule has 1 aromatic carbocycles. The highest BCUT2D eigenvalue weighted by Crippen LogP contribution is 2.30. The van der Waals surface area contributed by atoms with E-state index in [1.165, 1.54) is 12.1 Å². The molecular weight excluding hydrogens is 353 g/mol. The number of halogens is 4. The first kappa shape index (κ1) is 23.7. The van der Waals surface area contributed by atoms with Gasteiger partial charge in [0.15, 0.2) is 0 Å². The van der Waals surface area contributed by atoms with Gasteiger partial charge in [0.2, 0.25) is 5.91 Å². The highest BCUT2D eigenvalue weighted by molar-refractivity contribution is 5.85. The normalized spacial score (nSPS) is 14.0. The summed E-state index contributed by atoms with van der Waals surface area (Å²) in [5, 5.41) is 0. The number of carbonyl (C=O) groups is 1. The molecule has 0 aliphatic heterocycles. The van der Waals surface area contributed by atoms with E-state index in [1.54, 1.807) is 11.9 Å². The molecule has 7 heteroatoms. The smallest absolute Gasteiger partial charge is 0.346 e. The van der Waals surface area contributed by atoms with Crippen molar-refractivity contribution in [3.05, 3.63) is 35.4 Å². The highest BCUT2D eigenvalue weighted by Gasteiger charge is 2.30. The molecule has 1 amide bonds. The van der Waals surface area contributed by atoms with Crippen LogP contribution in [-0.2, 0) is 11.0 Å². The molecule has 0 aliphatic rings. The Bertz CT molecular complexity index is 532. The molecular formula is C18H28ClF3N2O. The van der Waals surface area contributed by atoms with Gasteiger partial charge in [-0.25, -0.2) is 0 Å². The quantitative estimate of drug-likeness (QED) is 0.759. The van der Waals surface area contributed by atoms with Crippen LogP contribution in [0.5, 0.6) is 0 Å². The Balaban J connectivity index is 0.00000576. The minimum absolute atomic E-state index is 0. The lowest BCUT2D eigenvalue weighted by Gasteiger charge is -2.23. The van der Waals surface area contributed by atoms with Gasteiger partial charge in [0.1, 0.15) is 0 Å². The van der Waals surface area contributed by atoms with Gasteiger partial charge >= 0.3 is 6.18 Å². The molecule has 2 N–H and O–H groups in total. The summed E-state index contributed by atoms with van der Waals surface area (Å²) in [5.74, 6) is 0.193. The van der Waals surface area contributed by atoms with E-state index in [0.717, 1.165) is 24.1 Å². The lowest BCUT2D eigenvalue weighted by atomic mass is 9.96. The van der Waals surface area contributed by atoms with Gasteiger partial charge < -0.3 is 10.6 Å². The van der Waals surface area contributed by atoms with E-state index >= 15 is 0 Å². The number of carbonyl (C=O) groups excluding carboxylic acids is 1. The summed E-state index contributed by atoms with van der Waals surface area (Å²) in [6, 6.07) is 5.04. The van der Waals surface area contributed by atoms with Gasteiger partial charge in [0.25, 0.3) is 0 Å². The van der Waals surface area contributed by atoms with Gasteiger partial charge in [-0.1, -0.05) is 32.9 Å². The Morgan fingerprint density at radius 2 is 1.68 bits per heavy atom. The van der Waals surface area contributed by atoms with E-state index < -0.39 is 11.7 Å². The van der Waals surface area contributed by atoms with E-state index in [9.17, 15) is 18.0 Å². The van der Waals surface area contributed by atoms with E-state index in [2.05, 4.69) is 0 Å². The lowest BCUT2D eigenvalue weighted by molar-refractivity contribution is -0.137. The predicted molar refractivity (Wildman–Crippen MR) is 96.8 cm³/mol. The van der Waals surface area contributed by atoms with Crippen LogP contribution in [0, 0.1) is 5.92 Å². The molecule has 0 radical (unpaired) electrons. The van der Waals surface area contributed by atoms with E-state index in [1.807, 2.05) is 20.8 Å². The first-order valence-corrected chi connectivity index (χ1v) is 8.19. The maximum Gasteiger partial charge on any atom is 0.416 e. The fourth-order valence-corrected chi connectivity index (χ4v) is 2.34. The van der Waals surface area contributed by atoms with Crippen LogP contribution in [0.3, 0.4) is 0 Å². The zero-order valence-corrected chi connectivity index (χ0v) is 16.0. The van der Waals surface area contributed by atoms with E-state index in [-0.39, 0.29) is 36.7 Å². The SMILES string of the molecule is CC(CC(=O)N(C)CCC(N)C(C)C)c1ccc(C(F)(F)F)cc1.Cl. The van der Waals surface area contributed by atoms with Crippen LogP contribution in [0.4, 0.5) is 13.2 Å². The van der Waals surface area contributed by atoms with Crippen LogP contribution in [0.15, 0.2) is 24.3 Å². The van der Waals surface area contributed by atoms with Crippen molar-refractivity contribution in [1.82, 2.24) is 4.90 Å². The summed E-state index contributed by atoms with van der Waals surface area (Å²) in [6.45, 7) is 6.50. The fraction of sp³-hybridized carbons (Fsp3) is 0.611. The van der Waals surface area contributed by atoms with Crippen molar-refractivity contribution in [3.63, 3.8) is 0 Å². The minimum Gasteiger partial charge on any atom is -0.346 e. The molecule has 3 nitrogen and oxygen atoms in total. The standard InChI is InChI=1S/C18H27F3N2O.ClH/c1-12(2)16(22)9-10-23(4)17(24)11-13(3)14-5-7-15(8-6-14)18(19,20)21;/h5-8,12-13,16H,9-11,22H2,1-4H3;1H. The van der Waals surface area contributed by atoms with E-state index in [4.69, 9.17) is 5.73 Å². The van der Waals surface area contributed by atoms with Crippen molar-refractivity contribution >= 4 is 18.3 Å². The van der Waals surface area contributed by atoms with Crippen molar-refractivity contribution in [2.24, 2.45) is 11.7 Å². The Morgan fingerprint density at radius 3 is 2.12 bits per heavy atom. The summed E-state index contributed by atoms with van der Waals surface area (Å²) >= 11 is 0. The Morgan fingerprint density at radius 1 is 1.16 bits per heavy atom. The number of nitrogens with zero attached hydrogens (tertiary/aromatic N) is 1. The minimum atomic E-state index is -4.34. The number of alkyl halides is 3. The molecule has 0 spiro atoms. The third-order valence-corrected chi connectivity index (χ3v) is 4.37. The summed E-state index contributed by atoms with van der Waals surface area (Å²) < 4.78 is 37.7. The number of rotatable bonds is 7.